The van der Waals surface area contributed by atoms with Crippen molar-refractivity contribution in [2.24, 2.45) is 0 Å². The van der Waals surface area contributed by atoms with Crippen molar-refractivity contribution in [3.05, 3.63) is 52.2 Å². The maximum absolute atomic E-state index is 11.7. The molecule has 5 heteroatoms. The van der Waals surface area contributed by atoms with E-state index in [0.717, 1.165) is 23.1 Å². The minimum atomic E-state index is -0.978. The van der Waals surface area contributed by atoms with Gasteiger partial charge < -0.3 is 9.52 Å². The van der Waals surface area contributed by atoms with Crippen LogP contribution in [0.2, 0.25) is 0 Å². The predicted molar refractivity (Wildman–Crippen MR) is 107 cm³/mol. The van der Waals surface area contributed by atoms with Gasteiger partial charge in [0.1, 0.15) is 11.5 Å². The Balaban J connectivity index is 1.86. The third-order valence-electron chi connectivity index (χ3n) is 4.45. The summed E-state index contributed by atoms with van der Waals surface area (Å²) < 4.78 is 6.64. The minimum absolute atomic E-state index is 0.218. The van der Waals surface area contributed by atoms with E-state index < -0.39 is 5.97 Å². The quantitative estimate of drug-likeness (QED) is 0.428. The standard InChI is InChI=1S/C21H22BrNO3/c1-2-3-4-5-6-8-14-11-12-19(26-14)18-13-15(21(24)25)20-16(22)9-7-10-17(20)23-18/h7,9-13H,2-6,8H2,1H3,(H,24,25). The fourth-order valence-electron chi connectivity index (χ4n) is 3.09. The Labute approximate surface area is 161 Å². The van der Waals surface area contributed by atoms with E-state index in [0.29, 0.717) is 22.4 Å². The molecule has 3 rings (SSSR count). The van der Waals surface area contributed by atoms with Crippen molar-refractivity contribution in [3.63, 3.8) is 0 Å². The van der Waals surface area contributed by atoms with Crippen molar-refractivity contribution in [1.29, 1.82) is 0 Å². The monoisotopic (exact) mass is 415 g/mol. The number of aromatic carboxylic acids is 1. The maximum Gasteiger partial charge on any atom is 0.336 e. The number of furan rings is 1. The third kappa shape index (κ3) is 4.15. The fraction of sp³-hybridized carbons (Fsp3) is 0.333. The van der Waals surface area contributed by atoms with E-state index in [1.165, 1.54) is 25.7 Å². The number of carboxylic acids is 1. The zero-order valence-electron chi connectivity index (χ0n) is 14.8. The highest BCUT2D eigenvalue weighted by Gasteiger charge is 2.16. The van der Waals surface area contributed by atoms with Crippen LogP contribution in [0.15, 0.2) is 45.3 Å². The summed E-state index contributed by atoms with van der Waals surface area (Å²) in [6, 6.07) is 10.9. The zero-order valence-corrected chi connectivity index (χ0v) is 16.4. The van der Waals surface area contributed by atoms with Crippen LogP contribution in [0.4, 0.5) is 0 Å². The Kier molecular flexibility index (Phi) is 6.09. The van der Waals surface area contributed by atoms with Gasteiger partial charge in [-0.3, -0.25) is 0 Å². The van der Waals surface area contributed by atoms with Gasteiger partial charge in [0.15, 0.2) is 5.76 Å². The largest absolute Gasteiger partial charge is 0.478 e. The number of halogens is 1. The molecular weight excluding hydrogens is 394 g/mol. The Morgan fingerprint density at radius 2 is 1.96 bits per heavy atom. The van der Waals surface area contributed by atoms with Gasteiger partial charge in [0, 0.05) is 16.3 Å². The summed E-state index contributed by atoms with van der Waals surface area (Å²) in [6.07, 6.45) is 6.97. The number of nitrogens with zero attached hydrogens (tertiary/aromatic N) is 1. The molecule has 2 aromatic heterocycles. The molecule has 0 aliphatic carbocycles. The molecular formula is C21H22BrNO3. The lowest BCUT2D eigenvalue weighted by Crippen LogP contribution is -2.00. The van der Waals surface area contributed by atoms with Crippen LogP contribution >= 0.6 is 15.9 Å². The summed E-state index contributed by atoms with van der Waals surface area (Å²) in [6.45, 7) is 2.21. The van der Waals surface area contributed by atoms with Crippen molar-refractivity contribution in [2.75, 3.05) is 0 Å². The van der Waals surface area contributed by atoms with E-state index >= 15 is 0 Å². The molecule has 0 amide bonds. The summed E-state index contributed by atoms with van der Waals surface area (Å²) in [4.78, 5) is 16.3. The van der Waals surface area contributed by atoms with E-state index in [-0.39, 0.29) is 5.56 Å². The average molecular weight is 416 g/mol. The molecule has 26 heavy (non-hydrogen) atoms. The van der Waals surface area contributed by atoms with Gasteiger partial charge in [0.2, 0.25) is 0 Å². The van der Waals surface area contributed by atoms with Crippen molar-refractivity contribution in [1.82, 2.24) is 4.98 Å². The Morgan fingerprint density at radius 3 is 2.73 bits per heavy atom. The van der Waals surface area contributed by atoms with Crippen LogP contribution < -0.4 is 0 Å². The van der Waals surface area contributed by atoms with Crippen LogP contribution in [-0.2, 0) is 6.42 Å². The molecule has 0 saturated carbocycles. The van der Waals surface area contributed by atoms with E-state index in [2.05, 4.69) is 27.8 Å². The molecule has 4 nitrogen and oxygen atoms in total. The van der Waals surface area contributed by atoms with Crippen molar-refractivity contribution < 1.29 is 14.3 Å². The first-order valence-corrected chi connectivity index (χ1v) is 9.81. The molecule has 0 unspecified atom stereocenters. The molecule has 2 heterocycles. The molecule has 136 valence electrons. The molecule has 0 radical (unpaired) electrons. The van der Waals surface area contributed by atoms with Gasteiger partial charge in [-0.2, -0.15) is 0 Å². The normalized spacial score (nSPS) is 11.2. The van der Waals surface area contributed by atoms with Crippen LogP contribution in [0, 0.1) is 0 Å². The van der Waals surface area contributed by atoms with Gasteiger partial charge in [-0.05, 0) is 36.8 Å². The number of benzene rings is 1. The van der Waals surface area contributed by atoms with E-state index in [9.17, 15) is 9.90 Å². The molecule has 1 aromatic carbocycles. The lowest BCUT2D eigenvalue weighted by molar-refractivity contribution is 0.0699. The highest BCUT2D eigenvalue weighted by atomic mass is 79.9. The maximum atomic E-state index is 11.7. The second-order valence-corrected chi connectivity index (χ2v) is 7.28. The highest BCUT2D eigenvalue weighted by molar-refractivity contribution is 9.10. The van der Waals surface area contributed by atoms with Crippen LogP contribution in [0.25, 0.3) is 22.4 Å². The molecule has 0 spiro atoms. The molecule has 0 saturated heterocycles. The highest BCUT2D eigenvalue weighted by Crippen LogP contribution is 2.31. The molecule has 0 atom stereocenters. The summed E-state index contributed by atoms with van der Waals surface area (Å²) in [5.41, 5.74) is 1.40. The van der Waals surface area contributed by atoms with Crippen LogP contribution in [0.1, 0.15) is 55.1 Å². The summed E-state index contributed by atoms with van der Waals surface area (Å²) in [5.74, 6) is 0.552. The zero-order chi connectivity index (χ0) is 18.5. The predicted octanol–water partition coefficient (Wildman–Crippen LogP) is 6.47. The molecule has 1 N–H and O–H groups in total. The molecule has 0 fully saturated rings. The fourth-order valence-corrected chi connectivity index (χ4v) is 3.66. The number of carboxylic acid groups (broad SMARTS) is 1. The number of pyridine rings is 1. The summed E-state index contributed by atoms with van der Waals surface area (Å²) in [5, 5.41) is 10.2. The smallest absolute Gasteiger partial charge is 0.336 e. The van der Waals surface area contributed by atoms with Gasteiger partial charge >= 0.3 is 5.97 Å². The van der Waals surface area contributed by atoms with Gasteiger partial charge in [0.05, 0.1) is 11.1 Å². The first-order chi connectivity index (χ1) is 12.6. The second-order valence-electron chi connectivity index (χ2n) is 6.42. The molecule has 3 aromatic rings. The number of hydrogen-bond donors (Lipinski definition) is 1. The Hall–Kier alpha value is -2.14. The van der Waals surface area contributed by atoms with Crippen LogP contribution in [0.3, 0.4) is 0 Å². The number of unbranched alkanes of at least 4 members (excludes halogenated alkanes) is 4. The Bertz CT molecular complexity index is 917. The molecule has 0 aliphatic heterocycles. The molecule has 0 aliphatic rings. The van der Waals surface area contributed by atoms with Crippen LogP contribution in [-0.4, -0.2) is 16.1 Å². The number of aromatic nitrogens is 1. The summed E-state index contributed by atoms with van der Waals surface area (Å²) in [7, 11) is 0. The minimum Gasteiger partial charge on any atom is -0.478 e. The van der Waals surface area contributed by atoms with Crippen molar-refractivity contribution in [2.45, 2.75) is 45.4 Å². The van der Waals surface area contributed by atoms with Crippen molar-refractivity contribution >= 4 is 32.8 Å². The second kappa shape index (κ2) is 8.49. The van der Waals surface area contributed by atoms with E-state index in [1.54, 1.807) is 6.07 Å². The molecule has 0 bridgehead atoms. The first-order valence-electron chi connectivity index (χ1n) is 9.01. The number of fused-ring (bicyclic) bond motifs is 1. The van der Waals surface area contributed by atoms with Gasteiger partial charge in [-0.15, -0.1) is 0 Å². The van der Waals surface area contributed by atoms with Gasteiger partial charge in [-0.25, -0.2) is 9.78 Å². The lowest BCUT2D eigenvalue weighted by atomic mass is 10.1. The Morgan fingerprint density at radius 1 is 1.15 bits per heavy atom. The van der Waals surface area contributed by atoms with E-state index in [1.807, 2.05) is 30.3 Å². The van der Waals surface area contributed by atoms with E-state index in [4.69, 9.17) is 4.42 Å². The SMILES string of the molecule is CCCCCCCc1ccc(-c2cc(C(=O)O)c3c(Br)cccc3n2)o1. The number of carbonyl (C=O) groups is 1. The first kappa shape index (κ1) is 18.6. The number of rotatable bonds is 8. The van der Waals surface area contributed by atoms with Gasteiger partial charge in [-0.1, -0.05) is 54.6 Å². The topological polar surface area (TPSA) is 63.3 Å². The summed E-state index contributed by atoms with van der Waals surface area (Å²) >= 11 is 3.42. The average Bonchev–Trinajstić information content (AvgIpc) is 3.10. The lowest BCUT2D eigenvalue weighted by Gasteiger charge is -2.07. The van der Waals surface area contributed by atoms with Crippen molar-refractivity contribution in [3.8, 4) is 11.5 Å². The number of hydrogen-bond acceptors (Lipinski definition) is 3. The van der Waals surface area contributed by atoms with Gasteiger partial charge in [0.25, 0.3) is 0 Å². The third-order valence-corrected chi connectivity index (χ3v) is 5.11. The van der Waals surface area contributed by atoms with Crippen LogP contribution in [0.5, 0.6) is 0 Å². The number of aryl methyl sites for hydroxylation is 1.